The zero-order chi connectivity index (χ0) is 14.0. The Morgan fingerprint density at radius 1 is 1.26 bits per heavy atom. The van der Waals surface area contributed by atoms with E-state index in [1.165, 1.54) is 0 Å². The molecule has 1 saturated heterocycles. The summed E-state index contributed by atoms with van der Waals surface area (Å²) in [6, 6.07) is 7.97. The molecule has 0 saturated carbocycles. The molecule has 1 aliphatic rings. The predicted octanol–water partition coefficient (Wildman–Crippen LogP) is 1.57. The Hall–Kier alpha value is -0.430. The number of nitrogens with zero attached hydrogens (tertiary/aromatic N) is 1. The van der Waals surface area contributed by atoms with Crippen molar-refractivity contribution >= 4 is 25.8 Å². The molecule has 2 atom stereocenters. The summed E-state index contributed by atoms with van der Waals surface area (Å²) in [6.07, 6.45) is 0. The van der Waals surface area contributed by atoms with Crippen molar-refractivity contribution in [2.24, 2.45) is 5.73 Å². The van der Waals surface area contributed by atoms with E-state index in [1.54, 1.807) is 0 Å². The molecule has 0 bridgehead atoms. The van der Waals surface area contributed by atoms with Crippen LogP contribution in [0.1, 0.15) is 18.5 Å². The maximum absolute atomic E-state index is 11.5. The minimum Gasteiger partial charge on any atom is -0.326 e. The Labute approximate surface area is 123 Å². The molecule has 1 aliphatic heterocycles. The predicted molar refractivity (Wildman–Crippen MR) is 80.8 cm³/mol. The molecule has 1 aromatic rings. The van der Waals surface area contributed by atoms with Gasteiger partial charge >= 0.3 is 0 Å². The fraction of sp³-hybridized carbons (Fsp3) is 0.538. The summed E-state index contributed by atoms with van der Waals surface area (Å²) in [5.74, 6) is 0.446. The van der Waals surface area contributed by atoms with Crippen LogP contribution in [0.2, 0.25) is 0 Å². The molecule has 2 rings (SSSR count). The lowest BCUT2D eigenvalue weighted by atomic mass is 9.99. The molecule has 4 nitrogen and oxygen atoms in total. The molecule has 0 aliphatic carbocycles. The molecule has 6 heteroatoms. The Kier molecular flexibility index (Phi) is 4.66. The van der Waals surface area contributed by atoms with Gasteiger partial charge in [-0.1, -0.05) is 34.1 Å². The van der Waals surface area contributed by atoms with Gasteiger partial charge in [0, 0.05) is 23.6 Å². The highest BCUT2D eigenvalue weighted by atomic mass is 79.9. The first-order chi connectivity index (χ1) is 8.91. The third-order valence-corrected chi connectivity index (χ3v) is 5.83. The molecular weight excluding hydrogens is 328 g/mol. The summed E-state index contributed by atoms with van der Waals surface area (Å²) in [6.45, 7) is 3.07. The minimum absolute atomic E-state index is 0.0473. The molecular formula is C13H19BrN2O2S. The van der Waals surface area contributed by atoms with Gasteiger partial charge in [0.1, 0.15) is 0 Å². The fourth-order valence-corrected chi connectivity index (χ4v) is 4.28. The standard InChI is InChI=1S/C13H19BrN2O2S/c1-10(15)13(11-4-2-3-5-12(11)14)16-6-8-19(17,18)9-7-16/h2-5,10,13H,6-9,15H2,1H3. The number of halogens is 1. The second-order valence-corrected chi connectivity index (χ2v) is 8.17. The van der Waals surface area contributed by atoms with Crippen molar-refractivity contribution < 1.29 is 8.42 Å². The highest BCUT2D eigenvalue weighted by molar-refractivity contribution is 9.10. The van der Waals surface area contributed by atoms with Crippen LogP contribution in [-0.4, -0.2) is 44.0 Å². The molecule has 0 spiro atoms. The van der Waals surface area contributed by atoms with Crippen LogP contribution in [-0.2, 0) is 9.84 Å². The van der Waals surface area contributed by atoms with E-state index in [4.69, 9.17) is 5.73 Å². The van der Waals surface area contributed by atoms with E-state index in [1.807, 2.05) is 31.2 Å². The van der Waals surface area contributed by atoms with Crippen LogP contribution in [0.3, 0.4) is 0 Å². The van der Waals surface area contributed by atoms with E-state index in [9.17, 15) is 8.42 Å². The first-order valence-electron chi connectivity index (χ1n) is 6.35. The van der Waals surface area contributed by atoms with Crippen molar-refractivity contribution in [3.05, 3.63) is 34.3 Å². The van der Waals surface area contributed by atoms with Gasteiger partial charge in [0.25, 0.3) is 0 Å². The molecule has 2 unspecified atom stereocenters. The zero-order valence-corrected chi connectivity index (χ0v) is 13.3. The van der Waals surface area contributed by atoms with Crippen LogP contribution in [0, 0.1) is 0 Å². The van der Waals surface area contributed by atoms with E-state index in [0.29, 0.717) is 13.1 Å². The van der Waals surface area contributed by atoms with E-state index in [0.717, 1.165) is 10.0 Å². The molecule has 1 aromatic carbocycles. The van der Waals surface area contributed by atoms with Gasteiger partial charge in [0.2, 0.25) is 0 Å². The molecule has 19 heavy (non-hydrogen) atoms. The quantitative estimate of drug-likeness (QED) is 0.902. The van der Waals surface area contributed by atoms with Gasteiger partial charge in [-0.2, -0.15) is 0 Å². The van der Waals surface area contributed by atoms with E-state index >= 15 is 0 Å². The fourth-order valence-electron chi connectivity index (χ4n) is 2.53. The average Bonchev–Trinajstić information content (AvgIpc) is 2.33. The Morgan fingerprint density at radius 2 is 1.84 bits per heavy atom. The molecule has 106 valence electrons. The van der Waals surface area contributed by atoms with E-state index < -0.39 is 9.84 Å². The normalized spacial score (nSPS) is 22.9. The third-order valence-electron chi connectivity index (χ3n) is 3.49. The van der Waals surface area contributed by atoms with Crippen molar-refractivity contribution in [1.82, 2.24) is 4.90 Å². The lowest BCUT2D eigenvalue weighted by molar-refractivity contribution is 0.190. The first kappa shape index (κ1) is 15.0. The summed E-state index contributed by atoms with van der Waals surface area (Å²) in [4.78, 5) is 2.17. The van der Waals surface area contributed by atoms with Crippen LogP contribution >= 0.6 is 15.9 Å². The highest BCUT2D eigenvalue weighted by Gasteiger charge is 2.30. The maximum atomic E-state index is 11.5. The van der Waals surface area contributed by atoms with Crippen LogP contribution in [0.5, 0.6) is 0 Å². The number of benzene rings is 1. The van der Waals surface area contributed by atoms with Gasteiger partial charge in [-0.15, -0.1) is 0 Å². The number of nitrogens with two attached hydrogens (primary N) is 1. The van der Waals surface area contributed by atoms with Crippen molar-refractivity contribution in [2.75, 3.05) is 24.6 Å². The summed E-state index contributed by atoms with van der Waals surface area (Å²) in [5, 5.41) is 0. The van der Waals surface area contributed by atoms with Crippen molar-refractivity contribution in [3.8, 4) is 0 Å². The molecule has 0 radical (unpaired) electrons. The summed E-state index contributed by atoms with van der Waals surface area (Å²) < 4.78 is 24.1. The Morgan fingerprint density at radius 3 is 2.37 bits per heavy atom. The largest absolute Gasteiger partial charge is 0.326 e. The average molecular weight is 347 g/mol. The SMILES string of the molecule is CC(N)C(c1ccccc1Br)N1CCS(=O)(=O)CC1. The number of hydrogen-bond acceptors (Lipinski definition) is 4. The van der Waals surface area contributed by atoms with Crippen molar-refractivity contribution in [3.63, 3.8) is 0 Å². The van der Waals surface area contributed by atoms with Gasteiger partial charge in [-0.25, -0.2) is 8.42 Å². The highest BCUT2D eigenvalue weighted by Crippen LogP contribution is 2.30. The van der Waals surface area contributed by atoms with E-state index in [2.05, 4.69) is 20.8 Å². The first-order valence-corrected chi connectivity index (χ1v) is 8.96. The van der Waals surface area contributed by atoms with Gasteiger partial charge < -0.3 is 5.73 Å². The molecule has 0 amide bonds. The lowest BCUT2D eigenvalue weighted by Gasteiger charge is -2.37. The summed E-state index contributed by atoms with van der Waals surface area (Å²) in [5.41, 5.74) is 7.25. The molecule has 1 fully saturated rings. The van der Waals surface area contributed by atoms with Gasteiger partial charge in [0.15, 0.2) is 9.84 Å². The maximum Gasteiger partial charge on any atom is 0.152 e. The summed E-state index contributed by atoms with van der Waals surface area (Å²) in [7, 11) is -2.86. The van der Waals surface area contributed by atoms with Crippen molar-refractivity contribution in [1.29, 1.82) is 0 Å². The Balaban J connectivity index is 2.25. The zero-order valence-electron chi connectivity index (χ0n) is 10.9. The second kappa shape index (κ2) is 5.91. The van der Waals surface area contributed by atoms with Crippen LogP contribution in [0.4, 0.5) is 0 Å². The topological polar surface area (TPSA) is 63.4 Å². The number of hydrogen-bond donors (Lipinski definition) is 1. The second-order valence-electron chi connectivity index (χ2n) is 5.01. The van der Waals surface area contributed by atoms with Gasteiger partial charge in [-0.3, -0.25) is 4.90 Å². The third kappa shape index (κ3) is 3.56. The smallest absolute Gasteiger partial charge is 0.152 e. The minimum atomic E-state index is -2.86. The molecule has 2 N–H and O–H groups in total. The van der Waals surface area contributed by atoms with Gasteiger partial charge in [-0.05, 0) is 18.6 Å². The lowest BCUT2D eigenvalue weighted by Crippen LogP contribution is -2.47. The Bertz CT molecular complexity index is 531. The van der Waals surface area contributed by atoms with Crippen LogP contribution < -0.4 is 5.73 Å². The van der Waals surface area contributed by atoms with Gasteiger partial charge in [0.05, 0.1) is 17.5 Å². The monoisotopic (exact) mass is 346 g/mol. The van der Waals surface area contributed by atoms with Crippen LogP contribution in [0.15, 0.2) is 28.7 Å². The summed E-state index contributed by atoms with van der Waals surface area (Å²) >= 11 is 3.55. The van der Waals surface area contributed by atoms with Crippen molar-refractivity contribution in [2.45, 2.75) is 19.0 Å². The number of rotatable bonds is 3. The number of sulfone groups is 1. The molecule has 0 aromatic heterocycles. The van der Waals surface area contributed by atoms with E-state index in [-0.39, 0.29) is 23.6 Å². The molecule has 1 heterocycles. The van der Waals surface area contributed by atoms with Crippen LogP contribution in [0.25, 0.3) is 0 Å².